The molecule has 146 valence electrons. The third-order valence-electron chi connectivity index (χ3n) is 5.54. The maximum atomic E-state index is 12.1. The van der Waals surface area contributed by atoms with Gasteiger partial charge >= 0.3 is 11.9 Å². The van der Waals surface area contributed by atoms with Crippen LogP contribution in [0, 0.1) is 11.8 Å². The van der Waals surface area contributed by atoms with Crippen molar-refractivity contribution in [1.29, 1.82) is 0 Å². The molecule has 1 saturated heterocycles. The van der Waals surface area contributed by atoms with Crippen LogP contribution < -0.4 is 0 Å². The van der Waals surface area contributed by atoms with Crippen molar-refractivity contribution in [3.05, 3.63) is 0 Å². The van der Waals surface area contributed by atoms with Gasteiger partial charge in [0.25, 0.3) is 0 Å². The van der Waals surface area contributed by atoms with Crippen LogP contribution in [0.1, 0.15) is 117 Å². The fourth-order valence-corrected chi connectivity index (χ4v) is 3.77. The van der Waals surface area contributed by atoms with Crippen LogP contribution in [0.5, 0.6) is 0 Å². The lowest BCUT2D eigenvalue weighted by molar-refractivity contribution is -0.163. The monoisotopic (exact) mass is 352 g/mol. The molecule has 1 heterocycles. The van der Waals surface area contributed by atoms with E-state index in [4.69, 9.17) is 4.74 Å². The summed E-state index contributed by atoms with van der Waals surface area (Å²) in [6, 6.07) is 0. The minimum Gasteiger partial charge on any atom is -0.393 e. The van der Waals surface area contributed by atoms with Crippen molar-refractivity contribution in [2.24, 2.45) is 11.8 Å². The van der Waals surface area contributed by atoms with Gasteiger partial charge in [-0.3, -0.25) is 9.59 Å². The van der Waals surface area contributed by atoms with E-state index in [1.807, 2.05) is 0 Å². The van der Waals surface area contributed by atoms with Gasteiger partial charge < -0.3 is 4.74 Å². The van der Waals surface area contributed by atoms with Crippen LogP contribution in [-0.2, 0) is 14.3 Å². The second-order valence-corrected chi connectivity index (χ2v) is 7.82. The molecule has 0 aromatic carbocycles. The van der Waals surface area contributed by atoms with Gasteiger partial charge in [0.15, 0.2) is 0 Å². The molecule has 0 aromatic heterocycles. The molecule has 0 aliphatic carbocycles. The second kappa shape index (κ2) is 14.3. The molecule has 0 amide bonds. The van der Waals surface area contributed by atoms with Crippen molar-refractivity contribution >= 4 is 11.9 Å². The van der Waals surface area contributed by atoms with Gasteiger partial charge in [0, 0.05) is 0 Å². The zero-order chi connectivity index (χ0) is 18.3. The van der Waals surface area contributed by atoms with Crippen molar-refractivity contribution < 1.29 is 14.3 Å². The molecule has 0 radical (unpaired) electrons. The van der Waals surface area contributed by atoms with E-state index in [-0.39, 0.29) is 23.8 Å². The summed E-state index contributed by atoms with van der Waals surface area (Å²) in [5.74, 6) is -0.623. The number of hydrogen-bond acceptors (Lipinski definition) is 3. The highest BCUT2D eigenvalue weighted by atomic mass is 16.6. The van der Waals surface area contributed by atoms with Gasteiger partial charge in [-0.05, 0) is 25.7 Å². The second-order valence-electron chi connectivity index (χ2n) is 7.82. The highest BCUT2D eigenvalue weighted by Gasteiger charge is 2.32. The SMILES string of the molecule is CCCCCCCC[C@@H]1CC[C@H](CCCCCCCC)C(=O)OC1=O. The average molecular weight is 353 g/mol. The van der Waals surface area contributed by atoms with E-state index >= 15 is 0 Å². The summed E-state index contributed by atoms with van der Waals surface area (Å²) in [4.78, 5) is 24.3. The Balaban J connectivity index is 2.22. The Labute approximate surface area is 155 Å². The molecular formula is C22H40O3. The Morgan fingerprint density at radius 3 is 1.40 bits per heavy atom. The lowest BCUT2D eigenvalue weighted by Gasteiger charge is -2.11. The van der Waals surface area contributed by atoms with Crippen LogP contribution in [0.2, 0.25) is 0 Å². The summed E-state index contributed by atoms with van der Waals surface area (Å²) >= 11 is 0. The van der Waals surface area contributed by atoms with Crippen molar-refractivity contribution in [3.63, 3.8) is 0 Å². The van der Waals surface area contributed by atoms with Crippen LogP contribution in [0.3, 0.4) is 0 Å². The Kier molecular flexibility index (Phi) is 12.7. The number of carbonyl (C=O) groups excluding carboxylic acids is 2. The molecule has 25 heavy (non-hydrogen) atoms. The van der Waals surface area contributed by atoms with Gasteiger partial charge in [-0.1, -0.05) is 90.9 Å². The molecule has 1 fully saturated rings. The Bertz CT molecular complexity index is 330. The molecular weight excluding hydrogens is 312 g/mol. The minimum atomic E-state index is -0.260. The molecule has 3 nitrogen and oxygen atoms in total. The van der Waals surface area contributed by atoms with E-state index in [9.17, 15) is 9.59 Å². The number of cyclic esters (lactones) is 2. The molecule has 1 aliphatic rings. The van der Waals surface area contributed by atoms with Crippen molar-refractivity contribution in [1.82, 2.24) is 0 Å². The van der Waals surface area contributed by atoms with Gasteiger partial charge in [0.2, 0.25) is 0 Å². The first-order valence-corrected chi connectivity index (χ1v) is 10.9. The highest BCUT2D eigenvalue weighted by molar-refractivity contribution is 5.88. The van der Waals surface area contributed by atoms with Gasteiger partial charge in [-0.15, -0.1) is 0 Å². The fourth-order valence-electron chi connectivity index (χ4n) is 3.77. The third-order valence-corrected chi connectivity index (χ3v) is 5.54. The summed E-state index contributed by atoms with van der Waals surface area (Å²) in [6.07, 6.45) is 18.2. The number of ether oxygens (including phenoxy) is 1. The van der Waals surface area contributed by atoms with E-state index in [2.05, 4.69) is 13.8 Å². The Hall–Kier alpha value is -0.860. The van der Waals surface area contributed by atoms with Gasteiger partial charge in [-0.2, -0.15) is 0 Å². The molecule has 2 atom stereocenters. The molecule has 0 aromatic rings. The van der Waals surface area contributed by atoms with Crippen molar-refractivity contribution in [2.75, 3.05) is 0 Å². The molecule has 0 saturated carbocycles. The summed E-state index contributed by atoms with van der Waals surface area (Å²) < 4.78 is 5.15. The van der Waals surface area contributed by atoms with E-state index in [0.29, 0.717) is 0 Å². The largest absolute Gasteiger partial charge is 0.393 e. The molecule has 1 rings (SSSR count). The number of hydrogen-bond donors (Lipinski definition) is 0. The highest BCUT2D eigenvalue weighted by Crippen LogP contribution is 2.28. The van der Waals surface area contributed by atoms with E-state index in [1.54, 1.807) is 0 Å². The fraction of sp³-hybridized carbons (Fsp3) is 0.909. The lowest BCUT2D eigenvalue weighted by atomic mass is 9.90. The summed E-state index contributed by atoms with van der Waals surface area (Å²) in [7, 11) is 0. The van der Waals surface area contributed by atoms with E-state index in [1.165, 1.54) is 64.2 Å². The summed E-state index contributed by atoms with van der Waals surface area (Å²) in [5.41, 5.74) is 0. The minimum absolute atomic E-state index is 0.0512. The number of rotatable bonds is 14. The zero-order valence-corrected chi connectivity index (χ0v) is 16.7. The van der Waals surface area contributed by atoms with Crippen LogP contribution in [0.4, 0.5) is 0 Å². The summed E-state index contributed by atoms with van der Waals surface area (Å²) in [6.45, 7) is 4.44. The standard InChI is InChI=1S/C22H40O3/c1-3-5-7-9-11-13-15-19-17-18-20(22(24)25-21(19)23)16-14-12-10-8-6-4-2/h19-20H,3-18H2,1-2H3/t19-,20+. The molecule has 0 unspecified atom stereocenters. The van der Waals surface area contributed by atoms with E-state index in [0.717, 1.165) is 38.5 Å². The first kappa shape index (κ1) is 22.2. The smallest absolute Gasteiger partial charge is 0.316 e. The Morgan fingerprint density at radius 1 is 0.640 bits per heavy atom. The average Bonchev–Trinajstić information content (AvgIpc) is 2.73. The zero-order valence-electron chi connectivity index (χ0n) is 16.7. The first-order valence-electron chi connectivity index (χ1n) is 10.9. The number of carbonyl (C=O) groups is 2. The van der Waals surface area contributed by atoms with Gasteiger partial charge in [0.05, 0.1) is 11.8 Å². The van der Waals surface area contributed by atoms with Gasteiger partial charge in [-0.25, -0.2) is 0 Å². The summed E-state index contributed by atoms with van der Waals surface area (Å²) in [5, 5.41) is 0. The topological polar surface area (TPSA) is 43.4 Å². The first-order chi connectivity index (χ1) is 12.2. The van der Waals surface area contributed by atoms with E-state index < -0.39 is 0 Å². The number of unbranched alkanes of at least 4 members (excludes halogenated alkanes) is 10. The lowest BCUT2D eigenvalue weighted by Crippen LogP contribution is -2.20. The van der Waals surface area contributed by atoms with Crippen LogP contribution in [0.15, 0.2) is 0 Å². The quantitative estimate of drug-likeness (QED) is 0.201. The normalized spacial score (nSPS) is 21.2. The molecule has 3 heteroatoms. The number of esters is 2. The van der Waals surface area contributed by atoms with Gasteiger partial charge in [0.1, 0.15) is 0 Å². The molecule has 1 aliphatic heterocycles. The third kappa shape index (κ3) is 10.0. The molecule has 0 bridgehead atoms. The van der Waals surface area contributed by atoms with Crippen molar-refractivity contribution in [2.45, 2.75) is 117 Å². The van der Waals surface area contributed by atoms with Crippen LogP contribution >= 0.6 is 0 Å². The predicted octanol–water partition coefficient (Wildman–Crippen LogP) is 6.58. The van der Waals surface area contributed by atoms with Crippen molar-refractivity contribution in [3.8, 4) is 0 Å². The maximum Gasteiger partial charge on any atom is 0.316 e. The Morgan fingerprint density at radius 2 is 1.00 bits per heavy atom. The predicted molar refractivity (Wildman–Crippen MR) is 103 cm³/mol. The maximum absolute atomic E-state index is 12.1. The van der Waals surface area contributed by atoms with Crippen LogP contribution in [0.25, 0.3) is 0 Å². The molecule has 0 N–H and O–H groups in total. The molecule has 0 spiro atoms. The van der Waals surface area contributed by atoms with Crippen LogP contribution in [-0.4, -0.2) is 11.9 Å².